The highest BCUT2D eigenvalue weighted by Gasteiger charge is 2.27. The van der Waals surface area contributed by atoms with Crippen molar-refractivity contribution in [3.8, 4) is 0 Å². The van der Waals surface area contributed by atoms with Crippen molar-refractivity contribution in [3.05, 3.63) is 45.1 Å². The zero-order valence-corrected chi connectivity index (χ0v) is 14.1. The predicted molar refractivity (Wildman–Crippen MR) is 86.6 cm³/mol. The van der Waals surface area contributed by atoms with Crippen LogP contribution in [0, 0.1) is 0 Å². The molecular weight excluding hydrogens is 360 g/mol. The molecule has 0 fully saturated rings. The Morgan fingerprint density at radius 2 is 1.95 bits per heavy atom. The summed E-state index contributed by atoms with van der Waals surface area (Å²) in [6, 6.07) is 10.7. The number of para-hydroxylation sites is 1. The summed E-state index contributed by atoms with van der Waals surface area (Å²) in [7, 11) is -3.58. The summed E-state index contributed by atoms with van der Waals surface area (Å²) in [5.74, 6) is 0. The van der Waals surface area contributed by atoms with Gasteiger partial charge in [-0.1, -0.05) is 18.2 Å². The van der Waals surface area contributed by atoms with Crippen LogP contribution in [-0.4, -0.2) is 15.0 Å². The van der Waals surface area contributed by atoms with Crippen LogP contribution in [0.3, 0.4) is 0 Å². The van der Waals surface area contributed by atoms with Crippen molar-refractivity contribution in [1.29, 1.82) is 0 Å². The number of hydrogen-bond donors (Lipinski definition) is 1. The lowest BCUT2D eigenvalue weighted by Gasteiger charge is -2.22. The summed E-state index contributed by atoms with van der Waals surface area (Å²) < 4.78 is 27.5. The Bertz CT molecular complexity index is 684. The maximum atomic E-state index is 12.8. The predicted octanol–water partition coefficient (Wildman–Crippen LogP) is 3.18. The molecular formula is C13H15BrN2O2S2. The van der Waals surface area contributed by atoms with Crippen LogP contribution in [0.4, 0.5) is 5.69 Å². The zero-order valence-electron chi connectivity index (χ0n) is 10.9. The second kappa shape index (κ2) is 6.26. The topological polar surface area (TPSA) is 63.4 Å². The Morgan fingerprint density at radius 1 is 1.30 bits per heavy atom. The molecule has 0 unspecified atom stereocenters. The largest absolute Gasteiger partial charge is 0.326 e. The van der Waals surface area contributed by atoms with Crippen molar-refractivity contribution in [1.82, 2.24) is 0 Å². The minimum Gasteiger partial charge on any atom is -0.326 e. The number of nitrogens with zero attached hydrogens (tertiary/aromatic N) is 1. The number of sulfonamides is 1. The number of rotatable bonds is 5. The second-order valence-corrected chi connectivity index (χ2v) is 8.35. The van der Waals surface area contributed by atoms with Crippen LogP contribution in [0.15, 0.2) is 45.1 Å². The average Bonchev–Trinajstić information content (AvgIpc) is 2.82. The molecule has 2 N–H and O–H groups in total. The van der Waals surface area contributed by atoms with Gasteiger partial charge in [-0.2, -0.15) is 0 Å². The quantitative estimate of drug-likeness (QED) is 0.873. The number of nitrogens with two attached hydrogens (primary N) is 1. The maximum Gasteiger partial charge on any atom is 0.266 e. The normalized spacial score (nSPS) is 11.6. The molecule has 7 heteroatoms. The maximum absolute atomic E-state index is 12.8. The number of thiophene rings is 1. The van der Waals surface area contributed by atoms with Gasteiger partial charge in [-0.3, -0.25) is 4.31 Å². The molecule has 4 nitrogen and oxygen atoms in total. The van der Waals surface area contributed by atoms with Gasteiger partial charge in [-0.25, -0.2) is 8.42 Å². The molecule has 0 amide bonds. The summed E-state index contributed by atoms with van der Waals surface area (Å²) >= 11 is 4.67. The van der Waals surface area contributed by atoms with Crippen LogP contribution in [-0.2, 0) is 16.6 Å². The molecule has 2 rings (SSSR count). The Hall–Kier alpha value is -0.890. The standard InChI is InChI=1S/C13H15BrN2O2S2/c1-2-16(10-6-4-3-5-7-10)20(17,18)12-8-11(9-15)19-13(12)14/h3-8H,2,9,15H2,1H3. The molecule has 1 aromatic heterocycles. The minimum atomic E-state index is -3.58. The Labute approximate surface area is 131 Å². The first-order valence-corrected chi connectivity index (χ1v) is 9.11. The van der Waals surface area contributed by atoms with Gasteiger partial charge in [0.05, 0.1) is 9.47 Å². The number of hydrogen-bond acceptors (Lipinski definition) is 4. The van der Waals surface area contributed by atoms with E-state index in [-0.39, 0.29) is 4.90 Å². The van der Waals surface area contributed by atoms with E-state index in [0.29, 0.717) is 22.6 Å². The molecule has 0 aliphatic heterocycles. The zero-order chi connectivity index (χ0) is 14.8. The van der Waals surface area contributed by atoms with Crippen molar-refractivity contribution in [2.45, 2.75) is 18.4 Å². The van der Waals surface area contributed by atoms with E-state index in [1.54, 1.807) is 18.2 Å². The first kappa shape index (κ1) is 15.5. The van der Waals surface area contributed by atoms with E-state index in [9.17, 15) is 8.42 Å². The highest BCUT2D eigenvalue weighted by molar-refractivity contribution is 9.11. The SMILES string of the molecule is CCN(c1ccccc1)S(=O)(=O)c1cc(CN)sc1Br. The summed E-state index contributed by atoms with van der Waals surface area (Å²) in [6.07, 6.45) is 0. The lowest BCUT2D eigenvalue weighted by atomic mass is 10.3. The highest BCUT2D eigenvalue weighted by Crippen LogP contribution is 2.34. The molecule has 0 saturated carbocycles. The van der Waals surface area contributed by atoms with Crippen LogP contribution in [0.2, 0.25) is 0 Å². The molecule has 20 heavy (non-hydrogen) atoms. The van der Waals surface area contributed by atoms with Gasteiger partial charge >= 0.3 is 0 Å². The van der Waals surface area contributed by atoms with Crippen LogP contribution in [0.1, 0.15) is 11.8 Å². The van der Waals surface area contributed by atoms with Crippen molar-refractivity contribution >= 4 is 43.0 Å². The number of halogens is 1. The number of anilines is 1. The van der Waals surface area contributed by atoms with Crippen molar-refractivity contribution < 1.29 is 8.42 Å². The fourth-order valence-corrected chi connectivity index (χ4v) is 5.87. The highest BCUT2D eigenvalue weighted by atomic mass is 79.9. The summed E-state index contributed by atoms with van der Waals surface area (Å²) in [6.45, 7) is 2.51. The monoisotopic (exact) mass is 374 g/mol. The van der Waals surface area contributed by atoms with E-state index in [1.807, 2.05) is 25.1 Å². The van der Waals surface area contributed by atoms with Gasteiger partial charge < -0.3 is 5.73 Å². The van der Waals surface area contributed by atoms with Crippen LogP contribution in [0.25, 0.3) is 0 Å². The van der Waals surface area contributed by atoms with E-state index in [2.05, 4.69) is 15.9 Å². The third kappa shape index (κ3) is 2.90. The van der Waals surface area contributed by atoms with Crippen LogP contribution < -0.4 is 10.0 Å². The minimum absolute atomic E-state index is 0.272. The van der Waals surface area contributed by atoms with E-state index >= 15 is 0 Å². The van der Waals surface area contributed by atoms with Gasteiger partial charge in [0.25, 0.3) is 10.0 Å². The third-order valence-corrected chi connectivity index (χ3v) is 6.98. The summed E-state index contributed by atoms with van der Waals surface area (Å²) in [5, 5.41) is 0. The molecule has 0 radical (unpaired) electrons. The Balaban J connectivity index is 2.49. The Morgan fingerprint density at radius 3 is 2.45 bits per heavy atom. The molecule has 0 atom stereocenters. The van der Waals surface area contributed by atoms with Crippen molar-refractivity contribution in [3.63, 3.8) is 0 Å². The van der Waals surface area contributed by atoms with E-state index < -0.39 is 10.0 Å². The first-order valence-electron chi connectivity index (χ1n) is 6.06. The molecule has 0 aliphatic carbocycles. The molecule has 1 heterocycles. The summed E-state index contributed by atoms with van der Waals surface area (Å²) in [4.78, 5) is 1.10. The molecule has 0 bridgehead atoms. The van der Waals surface area contributed by atoms with E-state index in [4.69, 9.17) is 5.73 Å². The van der Waals surface area contributed by atoms with Gasteiger partial charge in [0.1, 0.15) is 4.90 Å². The van der Waals surface area contributed by atoms with E-state index in [0.717, 1.165) is 4.88 Å². The van der Waals surface area contributed by atoms with Crippen molar-refractivity contribution in [2.75, 3.05) is 10.8 Å². The van der Waals surface area contributed by atoms with E-state index in [1.165, 1.54) is 15.6 Å². The lowest BCUT2D eigenvalue weighted by molar-refractivity contribution is 0.592. The fraction of sp³-hybridized carbons (Fsp3) is 0.231. The molecule has 0 aliphatic rings. The first-order chi connectivity index (χ1) is 9.50. The second-order valence-electron chi connectivity index (χ2n) is 4.06. The molecule has 1 aromatic carbocycles. The van der Waals surface area contributed by atoms with Gasteiger partial charge in [0, 0.05) is 18.0 Å². The Kier molecular flexibility index (Phi) is 4.85. The smallest absolute Gasteiger partial charge is 0.266 e. The van der Waals surface area contributed by atoms with Gasteiger partial charge in [0.2, 0.25) is 0 Å². The molecule has 108 valence electrons. The van der Waals surface area contributed by atoms with Gasteiger partial charge in [-0.05, 0) is 41.1 Å². The lowest BCUT2D eigenvalue weighted by Crippen LogP contribution is -2.30. The molecule has 2 aromatic rings. The van der Waals surface area contributed by atoms with Crippen LogP contribution in [0.5, 0.6) is 0 Å². The van der Waals surface area contributed by atoms with Crippen LogP contribution >= 0.6 is 27.3 Å². The molecule has 0 spiro atoms. The number of benzene rings is 1. The fourth-order valence-electron chi connectivity index (χ4n) is 1.88. The van der Waals surface area contributed by atoms with Crippen molar-refractivity contribution in [2.24, 2.45) is 5.73 Å². The third-order valence-electron chi connectivity index (χ3n) is 2.81. The average molecular weight is 375 g/mol. The summed E-state index contributed by atoms with van der Waals surface area (Å²) in [5.41, 5.74) is 6.23. The van der Waals surface area contributed by atoms with Gasteiger partial charge in [-0.15, -0.1) is 11.3 Å². The molecule has 0 saturated heterocycles. The van der Waals surface area contributed by atoms with Gasteiger partial charge in [0.15, 0.2) is 0 Å².